The number of rotatable bonds is 5. The molecule has 0 spiro atoms. The number of likely N-dealkylation sites (tertiary alicyclic amines) is 1. The van der Waals surface area contributed by atoms with Gasteiger partial charge in [-0.1, -0.05) is 17.2 Å². The Morgan fingerprint density at radius 1 is 1.29 bits per heavy atom. The van der Waals surface area contributed by atoms with E-state index in [1.54, 1.807) is 12.1 Å². The van der Waals surface area contributed by atoms with Gasteiger partial charge in [-0.15, -0.1) is 0 Å². The second kappa shape index (κ2) is 7.29. The van der Waals surface area contributed by atoms with Crippen molar-refractivity contribution in [1.82, 2.24) is 25.1 Å². The minimum absolute atomic E-state index is 0.00408. The molecule has 24 heavy (non-hydrogen) atoms. The van der Waals surface area contributed by atoms with Crippen LogP contribution in [0.2, 0.25) is 0 Å². The van der Waals surface area contributed by atoms with Gasteiger partial charge in [0.15, 0.2) is 0 Å². The van der Waals surface area contributed by atoms with Gasteiger partial charge in [0, 0.05) is 12.6 Å². The van der Waals surface area contributed by atoms with Gasteiger partial charge < -0.3 is 15.7 Å². The van der Waals surface area contributed by atoms with Crippen LogP contribution in [-0.2, 0) is 17.8 Å². The number of carbonyl (C=O) groups is 1. The molecule has 1 aromatic carbocycles. The maximum absolute atomic E-state index is 12.6. The van der Waals surface area contributed by atoms with Crippen LogP contribution in [0, 0.1) is 0 Å². The molecule has 1 amide bonds. The van der Waals surface area contributed by atoms with Crippen LogP contribution in [0.3, 0.4) is 0 Å². The average Bonchev–Trinajstić information content (AvgIpc) is 2.99. The topological polar surface area (TPSA) is 110 Å². The number of phenolic OH excluding ortho intramolecular Hbond substituents is 1. The lowest BCUT2D eigenvalue weighted by Crippen LogP contribution is -2.45. The molecule has 1 aliphatic heterocycles. The second-order valence-corrected chi connectivity index (χ2v) is 6.14. The summed E-state index contributed by atoms with van der Waals surface area (Å²) in [5.41, 5.74) is 6.80. The zero-order valence-electron chi connectivity index (χ0n) is 13.5. The Balaban J connectivity index is 1.61. The van der Waals surface area contributed by atoms with Crippen LogP contribution in [0.15, 0.2) is 24.3 Å². The summed E-state index contributed by atoms with van der Waals surface area (Å²) in [5.74, 6) is 0.428. The largest absolute Gasteiger partial charge is 0.508 e. The van der Waals surface area contributed by atoms with Gasteiger partial charge >= 0.3 is 0 Å². The number of aromatic nitrogens is 4. The van der Waals surface area contributed by atoms with Crippen molar-refractivity contribution >= 4 is 11.9 Å². The zero-order valence-corrected chi connectivity index (χ0v) is 13.5. The predicted octanol–water partition coefficient (Wildman–Crippen LogP) is 0.975. The van der Waals surface area contributed by atoms with Gasteiger partial charge in [-0.05, 0) is 60.2 Å². The Morgan fingerprint density at radius 3 is 2.79 bits per heavy atom. The van der Waals surface area contributed by atoms with Crippen molar-refractivity contribution < 1.29 is 9.90 Å². The van der Waals surface area contributed by atoms with E-state index in [0.29, 0.717) is 0 Å². The molecule has 1 fully saturated rings. The van der Waals surface area contributed by atoms with Crippen molar-refractivity contribution in [3.8, 4) is 5.75 Å². The number of hydrogen-bond donors (Lipinski definition) is 2. The van der Waals surface area contributed by atoms with Crippen LogP contribution in [0.25, 0.3) is 0 Å². The minimum atomic E-state index is 0.00408. The van der Waals surface area contributed by atoms with Crippen LogP contribution in [-0.4, -0.2) is 48.7 Å². The molecule has 8 nitrogen and oxygen atoms in total. The van der Waals surface area contributed by atoms with Crippen LogP contribution >= 0.6 is 0 Å². The fourth-order valence-corrected chi connectivity index (χ4v) is 3.17. The highest BCUT2D eigenvalue weighted by atomic mass is 16.3. The van der Waals surface area contributed by atoms with Gasteiger partial charge in [0.05, 0.1) is 0 Å². The highest BCUT2D eigenvalue weighted by Gasteiger charge is 2.27. The summed E-state index contributed by atoms with van der Waals surface area (Å²) in [7, 11) is 0. The second-order valence-electron chi connectivity index (χ2n) is 6.14. The lowest BCUT2D eigenvalue weighted by atomic mass is 9.95. The molecule has 0 aliphatic carbocycles. The number of nitrogen functional groups attached to an aromatic ring is 1. The molecule has 2 aromatic rings. The number of amides is 1. The SMILES string of the molecule is Nc1nnnn1CC(=O)N1CCCC[C@@H]1CCc1ccc(O)cc1. The van der Waals surface area contributed by atoms with Crippen LogP contribution in [0.5, 0.6) is 5.75 Å². The Morgan fingerprint density at radius 2 is 2.08 bits per heavy atom. The van der Waals surface area contributed by atoms with Crippen molar-refractivity contribution in [3.05, 3.63) is 29.8 Å². The Labute approximate surface area is 140 Å². The smallest absolute Gasteiger partial charge is 0.244 e. The van der Waals surface area contributed by atoms with Crippen molar-refractivity contribution in [3.63, 3.8) is 0 Å². The molecule has 0 unspecified atom stereocenters. The van der Waals surface area contributed by atoms with Gasteiger partial charge in [-0.25, -0.2) is 4.68 Å². The van der Waals surface area contributed by atoms with Crippen LogP contribution in [0.4, 0.5) is 5.95 Å². The highest BCUT2D eigenvalue weighted by molar-refractivity contribution is 5.76. The van der Waals surface area contributed by atoms with E-state index < -0.39 is 0 Å². The molecule has 0 bridgehead atoms. The third-order valence-electron chi connectivity index (χ3n) is 4.49. The number of nitrogens with two attached hydrogens (primary N) is 1. The van der Waals surface area contributed by atoms with E-state index in [0.717, 1.165) is 44.2 Å². The Bertz CT molecular complexity index is 684. The number of anilines is 1. The van der Waals surface area contributed by atoms with Crippen molar-refractivity contribution in [1.29, 1.82) is 0 Å². The highest BCUT2D eigenvalue weighted by Crippen LogP contribution is 2.22. The molecule has 1 aliphatic rings. The monoisotopic (exact) mass is 330 g/mol. The molecule has 1 saturated heterocycles. The molecule has 1 atom stereocenters. The minimum Gasteiger partial charge on any atom is -0.508 e. The third-order valence-corrected chi connectivity index (χ3v) is 4.49. The average molecular weight is 330 g/mol. The zero-order chi connectivity index (χ0) is 16.9. The normalized spacial score (nSPS) is 17.8. The van der Waals surface area contributed by atoms with E-state index in [-0.39, 0.29) is 30.2 Å². The third kappa shape index (κ3) is 3.81. The predicted molar refractivity (Wildman–Crippen MR) is 88.0 cm³/mol. The van der Waals surface area contributed by atoms with E-state index in [1.165, 1.54) is 4.68 Å². The number of benzene rings is 1. The van der Waals surface area contributed by atoms with Crippen LogP contribution in [0.1, 0.15) is 31.2 Å². The van der Waals surface area contributed by atoms with Crippen molar-refractivity contribution in [2.45, 2.75) is 44.7 Å². The molecule has 3 rings (SSSR count). The summed E-state index contributed by atoms with van der Waals surface area (Å²) >= 11 is 0. The summed E-state index contributed by atoms with van der Waals surface area (Å²) in [6.07, 6.45) is 4.95. The number of nitrogens with zero attached hydrogens (tertiary/aromatic N) is 5. The molecular formula is C16H22N6O2. The van der Waals surface area contributed by atoms with Gasteiger partial charge in [0.1, 0.15) is 12.3 Å². The molecule has 8 heteroatoms. The standard InChI is InChI=1S/C16H22N6O2/c17-16-18-19-20-22(16)11-15(24)21-10-2-1-3-13(21)7-4-12-5-8-14(23)9-6-12/h5-6,8-9,13,23H,1-4,7,10-11H2,(H2,17,18,20)/t13-/m1/s1. The molecule has 1 aromatic heterocycles. The molecule has 3 N–H and O–H groups in total. The lowest BCUT2D eigenvalue weighted by molar-refractivity contribution is -0.135. The summed E-state index contributed by atoms with van der Waals surface area (Å²) < 4.78 is 1.33. The summed E-state index contributed by atoms with van der Waals surface area (Å²) in [4.78, 5) is 14.5. The van der Waals surface area contributed by atoms with Crippen molar-refractivity contribution in [2.24, 2.45) is 0 Å². The first-order chi connectivity index (χ1) is 11.6. The Hall–Kier alpha value is -2.64. The van der Waals surface area contributed by atoms with Gasteiger partial charge in [-0.3, -0.25) is 4.79 Å². The van der Waals surface area contributed by atoms with E-state index in [1.807, 2.05) is 17.0 Å². The Kier molecular flexibility index (Phi) is 4.93. The first-order valence-corrected chi connectivity index (χ1v) is 8.22. The quantitative estimate of drug-likeness (QED) is 0.845. The number of tetrazole rings is 1. The number of aryl methyl sites for hydroxylation is 1. The number of phenols is 1. The summed E-state index contributed by atoms with van der Waals surface area (Å²) in [6, 6.07) is 7.45. The first kappa shape index (κ1) is 16.2. The number of carbonyl (C=O) groups excluding carboxylic acids is 1. The molecule has 128 valence electrons. The fraction of sp³-hybridized carbons (Fsp3) is 0.500. The first-order valence-electron chi connectivity index (χ1n) is 8.22. The van der Waals surface area contributed by atoms with Crippen LogP contribution < -0.4 is 5.73 Å². The summed E-state index contributed by atoms with van der Waals surface area (Å²) in [6.45, 7) is 0.843. The van der Waals surface area contributed by atoms with E-state index in [2.05, 4.69) is 15.5 Å². The maximum Gasteiger partial charge on any atom is 0.244 e. The maximum atomic E-state index is 12.6. The van der Waals surface area contributed by atoms with Gasteiger partial charge in [0.25, 0.3) is 0 Å². The fourth-order valence-electron chi connectivity index (χ4n) is 3.17. The van der Waals surface area contributed by atoms with E-state index in [9.17, 15) is 9.90 Å². The van der Waals surface area contributed by atoms with Gasteiger partial charge in [-0.2, -0.15) is 0 Å². The molecule has 0 saturated carbocycles. The summed E-state index contributed by atoms with van der Waals surface area (Å²) in [5, 5.41) is 20.2. The molecular weight excluding hydrogens is 308 g/mol. The number of aromatic hydroxyl groups is 1. The lowest BCUT2D eigenvalue weighted by Gasteiger charge is -2.36. The van der Waals surface area contributed by atoms with Gasteiger partial charge in [0.2, 0.25) is 11.9 Å². The van der Waals surface area contributed by atoms with E-state index >= 15 is 0 Å². The number of piperidine rings is 1. The molecule has 2 heterocycles. The molecule has 0 radical (unpaired) electrons. The number of hydrogen-bond acceptors (Lipinski definition) is 6. The van der Waals surface area contributed by atoms with E-state index in [4.69, 9.17) is 5.73 Å². The van der Waals surface area contributed by atoms with Crippen molar-refractivity contribution in [2.75, 3.05) is 12.3 Å².